The van der Waals surface area contributed by atoms with Gasteiger partial charge in [0.2, 0.25) is 0 Å². The van der Waals surface area contributed by atoms with Crippen molar-refractivity contribution >= 4 is 34.3 Å². The molecule has 2 aromatic rings. The molecule has 1 amide bonds. The number of carbonyl (C=O) groups is 1. The van der Waals surface area contributed by atoms with Gasteiger partial charge in [0.1, 0.15) is 22.3 Å². The number of benzene rings is 1. The van der Waals surface area contributed by atoms with Gasteiger partial charge < -0.3 is 10.1 Å². The van der Waals surface area contributed by atoms with Crippen LogP contribution in [0.4, 0.5) is 10.1 Å². The first-order valence-corrected chi connectivity index (χ1v) is 8.11. The predicted molar refractivity (Wildman–Crippen MR) is 94.3 cm³/mol. The third-order valence-electron chi connectivity index (χ3n) is 4.30. The largest absolute Gasteiger partial charge is 0.482 e. The average molecular weight is 357 g/mol. The molecule has 0 fully saturated rings. The SMILES string of the molecule is CC1(C)OC(=C2C(=O)Nc3cc(F)ccc32)C=C1c1ccnc(Cl)c1. The number of allylic oxidation sites excluding steroid dienone is 1. The van der Waals surface area contributed by atoms with Crippen molar-refractivity contribution in [1.82, 2.24) is 4.98 Å². The molecule has 0 radical (unpaired) electrons. The summed E-state index contributed by atoms with van der Waals surface area (Å²) in [5.74, 6) is -0.256. The van der Waals surface area contributed by atoms with Crippen LogP contribution in [0.2, 0.25) is 5.15 Å². The molecule has 0 aliphatic carbocycles. The zero-order valence-corrected chi connectivity index (χ0v) is 14.3. The Morgan fingerprint density at radius 1 is 1.24 bits per heavy atom. The summed E-state index contributed by atoms with van der Waals surface area (Å²) < 4.78 is 19.5. The van der Waals surface area contributed by atoms with Crippen LogP contribution in [0.5, 0.6) is 0 Å². The third-order valence-corrected chi connectivity index (χ3v) is 4.51. The van der Waals surface area contributed by atoms with E-state index in [1.54, 1.807) is 18.3 Å². The van der Waals surface area contributed by atoms with Crippen LogP contribution in [-0.4, -0.2) is 16.5 Å². The van der Waals surface area contributed by atoms with Gasteiger partial charge in [-0.25, -0.2) is 9.37 Å². The minimum atomic E-state index is -0.643. The number of carbonyl (C=O) groups excluding carboxylic acids is 1. The van der Waals surface area contributed by atoms with E-state index in [9.17, 15) is 9.18 Å². The Kier molecular flexibility index (Phi) is 3.44. The van der Waals surface area contributed by atoms with Crippen LogP contribution in [0.3, 0.4) is 0 Å². The number of ether oxygens (including phenoxy) is 1. The molecular formula is C19H14ClFN2O2. The van der Waals surface area contributed by atoms with Gasteiger partial charge in [-0.3, -0.25) is 4.79 Å². The van der Waals surface area contributed by atoms with Crippen LogP contribution >= 0.6 is 11.6 Å². The first-order valence-electron chi connectivity index (χ1n) is 7.74. The van der Waals surface area contributed by atoms with Gasteiger partial charge in [-0.15, -0.1) is 0 Å². The average Bonchev–Trinajstić information content (AvgIpc) is 3.02. The molecule has 4 nitrogen and oxygen atoms in total. The highest BCUT2D eigenvalue weighted by Crippen LogP contribution is 2.44. The smallest absolute Gasteiger partial charge is 0.260 e. The number of hydrogen-bond acceptors (Lipinski definition) is 3. The molecule has 3 heterocycles. The maximum atomic E-state index is 13.4. The number of amides is 1. The van der Waals surface area contributed by atoms with Crippen LogP contribution in [0.15, 0.2) is 48.4 Å². The van der Waals surface area contributed by atoms with E-state index >= 15 is 0 Å². The summed E-state index contributed by atoms with van der Waals surface area (Å²) in [6, 6.07) is 7.80. The highest BCUT2D eigenvalue weighted by atomic mass is 35.5. The number of hydrogen-bond donors (Lipinski definition) is 1. The third kappa shape index (κ3) is 2.61. The molecule has 0 atom stereocenters. The zero-order valence-electron chi connectivity index (χ0n) is 13.6. The van der Waals surface area contributed by atoms with Crippen molar-refractivity contribution in [3.8, 4) is 0 Å². The number of fused-ring (bicyclic) bond motifs is 1. The maximum Gasteiger partial charge on any atom is 0.260 e. The second-order valence-corrected chi connectivity index (χ2v) is 6.81. The number of rotatable bonds is 1. The lowest BCUT2D eigenvalue weighted by atomic mass is 9.93. The first kappa shape index (κ1) is 15.8. The van der Waals surface area contributed by atoms with E-state index in [4.69, 9.17) is 16.3 Å². The lowest BCUT2D eigenvalue weighted by molar-refractivity contribution is -0.111. The Morgan fingerprint density at radius 2 is 2.04 bits per heavy atom. The van der Waals surface area contributed by atoms with Crippen molar-refractivity contribution in [1.29, 1.82) is 0 Å². The van der Waals surface area contributed by atoms with Gasteiger partial charge in [0.15, 0.2) is 0 Å². The van der Waals surface area contributed by atoms with Crippen LogP contribution < -0.4 is 5.32 Å². The van der Waals surface area contributed by atoms with E-state index in [1.165, 1.54) is 12.1 Å². The fraction of sp³-hybridized carbons (Fsp3) is 0.158. The first-order chi connectivity index (χ1) is 11.8. The van der Waals surface area contributed by atoms with Gasteiger partial charge in [-0.2, -0.15) is 0 Å². The highest BCUT2D eigenvalue weighted by molar-refractivity contribution is 6.32. The Labute approximate surface area is 149 Å². The second kappa shape index (κ2) is 5.43. The van der Waals surface area contributed by atoms with Crippen LogP contribution in [0.25, 0.3) is 11.1 Å². The predicted octanol–water partition coefficient (Wildman–Crippen LogP) is 4.43. The molecule has 126 valence electrons. The van der Waals surface area contributed by atoms with Gasteiger partial charge in [-0.1, -0.05) is 11.6 Å². The molecule has 2 aliphatic heterocycles. The molecule has 1 N–H and O–H groups in total. The zero-order chi connectivity index (χ0) is 17.8. The Hall–Kier alpha value is -2.66. The van der Waals surface area contributed by atoms with Crippen molar-refractivity contribution in [2.24, 2.45) is 0 Å². The summed E-state index contributed by atoms with van der Waals surface area (Å²) in [5, 5.41) is 3.06. The summed E-state index contributed by atoms with van der Waals surface area (Å²) in [7, 11) is 0. The van der Waals surface area contributed by atoms with Crippen molar-refractivity contribution in [2.75, 3.05) is 5.32 Å². The maximum absolute atomic E-state index is 13.4. The molecule has 0 unspecified atom stereocenters. The van der Waals surface area contributed by atoms with Crippen molar-refractivity contribution in [3.63, 3.8) is 0 Å². The van der Waals surface area contributed by atoms with Crippen molar-refractivity contribution in [2.45, 2.75) is 19.4 Å². The van der Waals surface area contributed by atoms with E-state index in [0.717, 1.165) is 11.1 Å². The molecule has 1 aromatic heterocycles. The van der Waals surface area contributed by atoms with Gasteiger partial charge in [0, 0.05) is 17.3 Å². The summed E-state index contributed by atoms with van der Waals surface area (Å²) in [6.07, 6.45) is 3.46. The molecule has 1 aromatic carbocycles. The molecule has 0 saturated heterocycles. The van der Waals surface area contributed by atoms with Crippen LogP contribution in [0, 0.1) is 5.82 Å². The Bertz CT molecular complexity index is 979. The number of pyridine rings is 1. The van der Waals surface area contributed by atoms with E-state index in [-0.39, 0.29) is 5.91 Å². The standard InChI is InChI=1S/C19H14ClFN2O2/c1-19(2)13(10-5-6-22-16(20)7-10)9-15(25-19)17-12-4-3-11(21)8-14(12)23-18(17)24/h3-9H,1-2H3,(H,23,24). The topological polar surface area (TPSA) is 51.2 Å². The van der Waals surface area contributed by atoms with Crippen molar-refractivity contribution in [3.05, 3.63) is 70.5 Å². The number of aromatic nitrogens is 1. The molecule has 0 bridgehead atoms. The number of nitrogens with zero attached hydrogens (tertiary/aromatic N) is 1. The Balaban J connectivity index is 1.88. The van der Waals surface area contributed by atoms with Gasteiger partial charge in [-0.05, 0) is 55.8 Å². The van der Waals surface area contributed by atoms with Crippen LogP contribution in [-0.2, 0) is 9.53 Å². The molecule has 0 saturated carbocycles. The molecule has 6 heteroatoms. The lowest BCUT2D eigenvalue weighted by Gasteiger charge is -2.23. The van der Waals surface area contributed by atoms with Gasteiger partial charge >= 0.3 is 0 Å². The number of anilines is 1. The summed E-state index contributed by atoms with van der Waals surface area (Å²) >= 11 is 5.99. The van der Waals surface area contributed by atoms with Gasteiger partial charge in [0.05, 0.1) is 11.3 Å². The summed E-state index contributed by atoms with van der Waals surface area (Å²) in [5.41, 5.74) is 2.60. The molecule has 0 spiro atoms. The minimum Gasteiger partial charge on any atom is -0.482 e. The lowest BCUT2D eigenvalue weighted by Crippen LogP contribution is -2.21. The quantitative estimate of drug-likeness (QED) is 0.607. The molecule has 25 heavy (non-hydrogen) atoms. The van der Waals surface area contributed by atoms with Crippen LogP contribution in [0.1, 0.15) is 25.0 Å². The van der Waals surface area contributed by atoms with E-state index in [1.807, 2.05) is 26.0 Å². The highest BCUT2D eigenvalue weighted by Gasteiger charge is 2.38. The Morgan fingerprint density at radius 3 is 2.80 bits per heavy atom. The van der Waals surface area contributed by atoms with E-state index in [0.29, 0.717) is 27.7 Å². The van der Waals surface area contributed by atoms with E-state index in [2.05, 4.69) is 10.3 Å². The molecule has 2 aliphatic rings. The summed E-state index contributed by atoms with van der Waals surface area (Å²) in [4.78, 5) is 16.4. The number of nitrogens with one attached hydrogen (secondary N) is 1. The minimum absolute atomic E-state index is 0.309. The second-order valence-electron chi connectivity index (χ2n) is 6.42. The normalized spacial score (nSPS) is 20.8. The molecular weight excluding hydrogens is 343 g/mol. The summed E-state index contributed by atoms with van der Waals surface area (Å²) in [6.45, 7) is 3.83. The fourth-order valence-electron chi connectivity index (χ4n) is 3.18. The monoisotopic (exact) mass is 356 g/mol. The van der Waals surface area contributed by atoms with Crippen molar-refractivity contribution < 1.29 is 13.9 Å². The number of halogens is 2. The van der Waals surface area contributed by atoms with E-state index < -0.39 is 11.4 Å². The molecule has 4 rings (SSSR count). The van der Waals surface area contributed by atoms with Gasteiger partial charge in [0.25, 0.3) is 5.91 Å². The fourth-order valence-corrected chi connectivity index (χ4v) is 3.35.